The summed E-state index contributed by atoms with van der Waals surface area (Å²) in [5.41, 5.74) is 0.387. The molecule has 1 aromatic heterocycles. The Labute approximate surface area is 148 Å². The molecule has 1 amide bonds. The van der Waals surface area contributed by atoms with Crippen LogP contribution in [0.2, 0.25) is 5.02 Å². The molecule has 6 heteroatoms. The molecule has 2 saturated heterocycles. The Hall–Kier alpha value is -1.36. The van der Waals surface area contributed by atoms with Crippen molar-refractivity contribution in [3.8, 4) is 0 Å². The lowest BCUT2D eigenvalue weighted by atomic mass is 9.96. The minimum absolute atomic E-state index is 0.00255. The predicted octanol–water partition coefficient (Wildman–Crippen LogP) is 3.53. The van der Waals surface area contributed by atoms with Gasteiger partial charge < -0.3 is 9.80 Å². The summed E-state index contributed by atoms with van der Waals surface area (Å²) in [6.07, 6.45) is 11.2. The quantitative estimate of drug-likeness (QED) is 0.838. The van der Waals surface area contributed by atoms with E-state index in [1.54, 1.807) is 6.20 Å². The molecule has 1 unspecified atom stereocenters. The van der Waals surface area contributed by atoms with Crippen LogP contribution in [-0.4, -0.2) is 46.5 Å². The number of hydrogen-bond donors (Lipinski definition) is 0. The number of likely N-dealkylation sites (tertiary alicyclic amines) is 1. The Morgan fingerprint density at radius 1 is 1.04 bits per heavy atom. The smallest absolute Gasteiger partial charge is 0.274 e. The lowest BCUT2D eigenvalue weighted by Gasteiger charge is -2.29. The molecule has 4 rings (SSSR count). The third-order valence-electron chi connectivity index (χ3n) is 5.83. The fraction of sp³-hybridized carbons (Fsp3) is 0.722. The second kappa shape index (κ2) is 6.87. The molecule has 130 valence electrons. The van der Waals surface area contributed by atoms with Crippen LogP contribution in [0.25, 0.3) is 0 Å². The maximum absolute atomic E-state index is 13.1. The van der Waals surface area contributed by atoms with E-state index in [1.807, 2.05) is 4.90 Å². The number of halogens is 1. The van der Waals surface area contributed by atoms with Crippen LogP contribution >= 0.6 is 11.6 Å². The van der Waals surface area contributed by atoms with Gasteiger partial charge in [-0.25, -0.2) is 9.97 Å². The Morgan fingerprint density at radius 2 is 1.79 bits per heavy atom. The topological polar surface area (TPSA) is 49.3 Å². The van der Waals surface area contributed by atoms with E-state index in [0.29, 0.717) is 28.6 Å². The van der Waals surface area contributed by atoms with Crippen LogP contribution < -0.4 is 4.90 Å². The van der Waals surface area contributed by atoms with Crippen LogP contribution in [0, 0.1) is 5.92 Å². The van der Waals surface area contributed by atoms with Gasteiger partial charge in [-0.1, -0.05) is 24.4 Å². The Balaban J connectivity index is 1.57. The second-order valence-corrected chi connectivity index (χ2v) is 7.72. The van der Waals surface area contributed by atoms with Crippen molar-refractivity contribution in [2.75, 3.05) is 24.5 Å². The summed E-state index contributed by atoms with van der Waals surface area (Å²) in [6, 6.07) is 0.376. The van der Waals surface area contributed by atoms with Crippen molar-refractivity contribution in [2.24, 2.45) is 5.92 Å². The van der Waals surface area contributed by atoms with Gasteiger partial charge in [0.1, 0.15) is 0 Å². The van der Waals surface area contributed by atoms with Crippen molar-refractivity contribution in [3.05, 3.63) is 16.9 Å². The molecule has 0 bridgehead atoms. The van der Waals surface area contributed by atoms with E-state index in [-0.39, 0.29) is 5.91 Å². The zero-order chi connectivity index (χ0) is 16.5. The van der Waals surface area contributed by atoms with E-state index in [2.05, 4.69) is 14.9 Å². The number of hydrogen-bond acceptors (Lipinski definition) is 4. The molecule has 3 aliphatic rings. The first-order chi connectivity index (χ1) is 11.7. The molecule has 0 spiro atoms. The van der Waals surface area contributed by atoms with Gasteiger partial charge >= 0.3 is 0 Å². The number of amides is 1. The highest BCUT2D eigenvalue weighted by Crippen LogP contribution is 2.36. The molecule has 1 atom stereocenters. The Kier molecular flexibility index (Phi) is 4.61. The standard InChI is InChI=1S/C18H25ClN4O/c19-14-12-20-18(22-9-3-4-10-22)21-16(14)17(24)23-11-5-8-15(23)13-6-1-2-7-13/h12-13,15H,1-11H2. The maximum atomic E-state index is 13.1. The summed E-state index contributed by atoms with van der Waals surface area (Å²) in [5.74, 6) is 1.31. The van der Waals surface area contributed by atoms with Gasteiger partial charge in [-0.15, -0.1) is 0 Å². The molecular weight excluding hydrogens is 324 g/mol. The third-order valence-corrected chi connectivity index (χ3v) is 6.10. The minimum Gasteiger partial charge on any atom is -0.341 e. The Bertz CT molecular complexity index is 611. The van der Waals surface area contributed by atoms with Gasteiger partial charge in [0, 0.05) is 25.7 Å². The maximum Gasteiger partial charge on any atom is 0.274 e. The van der Waals surface area contributed by atoms with Gasteiger partial charge in [0.05, 0.1) is 11.2 Å². The van der Waals surface area contributed by atoms with E-state index < -0.39 is 0 Å². The molecule has 0 aromatic carbocycles. The number of rotatable bonds is 3. The summed E-state index contributed by atoms with van der Waals surface area (Å²) in [4.78, 5) is 26.2. The molecule has 3 fully saturated rings. The number of nitrogens with zero attached hydrogens (tertiary/aromatic N) is 4. The van der Waals surface area contributed by atoms with Crippen molar-refractivity contribution in [2.45, 2.75) is 57.4 Å². The molecule has 0 radical (unpaired) electrons. The number of carbonyl (C=O) groups is 1. The monoisotopic (exact) mass is 348 g/mol. The summed E-state index contributed by atoms with van der Waals surface area (Å²) in [6.45, 7) is 2.76. The zero-order valence-electron chi connectivity index (χ0n) is 14.1. The van der Waals surface area contributed by atoms with Crippen LogP contribution in [-0.2, 0) is 0 Å². The van der Waals surface area contributed by atoms with Crippen molar-refractivity contribution < 1.29 is 4.79 Å². The van der Waals surface area contributed by atoms with Gasteiger partial charge in [-0.2, -0.15) is 0 Å². The van der Waals surface area contributed by atoms with Crippen LogP contribution in [0.15, 0.2) is 6.20 Å². The molecule has 24 heavy (non-hydrogen) atoms. The lowest BCUT2D eigenvalue weighted by Crippen LogP contribution is -2.40. The van der Waals surface area contributed by atoms with Crippen LogP contribution in [0.3, 0.4) is 0 Å². The van der Waals surface area contributed by atoms with Crippen molar-refractivity contribution in [3.63, 3.8) is 0 Å². The van der Waals surface area contributed by atoms with E-state index in [4.69, 9.17) is 11.6 Å². The summed E-state index contributed by atoms with van der Waals surface area (Å²) >= 11 is 6.29. The molecule has 5 nitrogen and oxygen atoms in total. The van der Waals surface area contributed by atoms with E-state index in [0.717, 1.165) is 45.3 Å². The van der Waals surface area contributed by atoms with E-state index in [9.17, 15) is 4.79 Å². The largest absolute Gasteiger partial charge is 0.341 e. The first-order valence-corrected chi connectivity index (χ1v) is 9.70. The fourth-order valence-corrected chi connectivity index (χ4v) is 4.76. The van der Waals surface area contributed by atoms with Crippen molar-refractivity contribution >= 4 is 23.5 Å². The molecule has 2 aliphatic heterocycles. The lowest BCUT2D eigenvalue weighted by molar-refractivity contribution is 0.0683. The predicted molar refractivity (Wildman–Crippen MR) is 94.5 cm³/mol. The van der Waals surface area contributed by atoms with Gasteiger partial charge in [0.2, 0.25) is 5.95 Å². The molecular formula is C18H25ClN4O. The van der Waals surface area contributed by atoms with Crippen LogP contribution in [0.4, 0.5) is 5.95 Å². The zero-order valence-corrected chi connectivity index (χ0v) is 14.8. The summed E-state index contributed by atoms with van der Waals surface area (Å²) in [5, 5.41) is 0.375. The summed E-state index contributed by atoms with van der Waals surface area (Å²) < 4.78 is 0. The second-order valence-electron chi connectivity index (χ2n) is 7.31. The molecule has 1 aromatic rings. The highest BCUT2D eigenvalue weighted by Gasteiger charge is 2.37. The van der Waals surface area contributed by atoms with Crippen molar-refractivity contribution in [1.82, 2.24) is 14.9 Å². The van der Waals surface area contributed by atoms with E-state index in [1.165, 1.54) is 25.7 Å². The minimum atomic E-state index is -0.00255. The summed E-state index contributed by atoms with van der Waals surface area (Å²) in [7, 11) is 0. The molecule has 1 aliphatic carbocycles. The normalized spacial score (nSPS) is 25.0. The van der Waals surface area contributed by atoms with Crippen LogP contribution in [0.5, 0.6) is 0 Å². The number of carbonyl (C=O) groups excluding carboxylic acids is 1. The third kappa shape index (κ3) is 2.99. The average Bonchev–Trinajstić information content (AvgIpc) is 3.34. The van der Waals surface area contributed by atoms with Crippen LogP contribution in [0.1, 0.15) is 61.9 Å². The van der Waals surface area contributed by atoms with E-state index >= 15 is 0 Å². The Morgan fingerprint density at radius 3 is 2.54 bits per heavy atom. The fourth-order valence-electron chi connectivity index (χ4n) is 4.59. The molecule has 3 heterocycles. The van der Waals surface area contributed by atoms with Gasteiger partial charge in [0.25, 0.3) is 5.91 Å². The molecule has 1 saturated carbocycles. The highest BCUT2D eigenvalue weighted by molar-refractivity contribution is 6.33. The molecule has 0 N–H and O–H groups in total. The average molecular weight is 349 g/mol. The van der Waals surface area contributed by atoms with Crippen molar-refractivity contribution in [1.29, 1.82) is 0 Å². The first-order valence-electron chi connectivity index (χ1n) is 9.32. The number of anilines is 1. The number of aromatic nitrogens is 2. The first kappa shape index (κ1) is 16.1. The SMILES string of the molecule is O=C(c1nc(N2CCCC2)ncc1Cl)N1CCCC1C1CCCC1. The van der Waals surface area contributed by atoms with Gasteiger partial charge in [-0.3, -0.25) is 4.79 Å². The van der Waals surface area contributed by atoms with Gasteiger partial charge in [0.15, 0.2) is 5.69 Å². The van der Waals surface area contributed by atoms with Gasteiger partial charge in [-0.05, 0) is 44.4 Å². The highest BCUT2D eigenvalue weighted by atomic mass is 35.5.